The summed E-state index contributed by atoms with van der Waals surface area (Å²) in [7, 11) is 3.08. The average Bonchev–Trinajstić information content (AvgIpc) is 3.38. The molecular weight excluding hydrogens is 386 g/mol. The van der Waals surface area contributed by atoms with Gasteiger partial charge in [-0.2, -0.15) is 4.98 Å². The molecule has 0 aliphatic heterocycles. The predicted octanol–water partition coefficient (Wildman–Crippen LogP) is 2.08. The van der Waals surface area contributed by atoms with E-state index in [9.17, 15) is 9.90 Å². The highest BCUT2D eigenvalue weighted by atomic mass is 16.5. The lowest BCUT2D eigenvalue weighted by atomic mass is 10.1. The van der Waals surface area contributed by atoms with Crippen molar-refractivity contribution in [2.45, 2.75) is 19.8 Å². The highest BCUT2D eigenvalue weighted by Gasteiger charge is 2.49. The first-order chi connectivity index (χ1) is 14.4. The van der Waals surface area contributed by atoms with Crippen LogP contribution in [0.3, 0.4) is 0 Å². The van der Waals surface area contributed by atoms with Gasteiger partial charge in [-0.15, -0.1) is 5.10 Å². The molecule has 3 atom stereocenters. The van der Waals surface area contributed by atoms with Gasteiger partial charge < -0.3 is 14.6 Å². The highest BCUT2D eigenvalue weighted by Crippen LogP contribution is 2.53. The fourth-order valence-electron chi connectivity index (χ4n) is 3.64. The molecule has 9 heteroatoms. The van der Waals surface area contributed by atoms with E-state index in [4.69, 9.17) is 9.47 Å². The van der Waals surface area contributed by atoms with E-state index in [-0.39, 0.29) is 22.9 Å². The molecule has 9 nitrogen and oxygen atoms in total. The van der Waals surface area contributed by atoms with Crippen LogP contribution in [0.25, 0.3) is 11.1 Å². The quantitative estimate of drug-likeness (QED) is 0.659. The van der Waals surface area contributed by atoms with Crippen molar-refractivity contribution in [1.29, 1.82) is 0 Å². The topological polar surface area (TPSA) is 112 Å². The number of pyridine rings is 1. The second-order valence-electron chi connectivity index (χ2n) is 7.46. The van der Waals surface area contributed by atoms with Crippen molar-refractivity contribution < 1.29 is 14.6 Å². The molecule has 3 unspecified atom stereocenters. The fraction of sp³-hybridized carbons (Fsp3) is 0.381. The summed E-state index contributed by atoms with van der Waals surface area (Å²) >= 11 is 0. The molecular formula is C21H23N5O4. The summed E-state index contributed by atoms with van der Waals surface area (Å²) in [5.41, 5.74) is 1.32. The Morgan fingerprint density at radius 2 is 2.00 bits per heavy atom. The number of rotatable bonds is 6. The lowest BCUT2D eigenvalue weighted by Gasteiger charge is -2.12. The van der Waals surface area contributed by atoms with Crippen molar-refractivity contribution in [2.24, 2.45) is 18.9 Å². The van der Waals surface area contributed by atoms with Crippen LogP contribution in [-0.2, 0) is 7.05 Å². The van der Waals surface area contributed by atoms with E-state index in [1.165, 1.54) is 19.3 Å². The molecule has 1 N–H and O–H groups in total. The first-order valence-corrected chi connectivity index (χ1v) is 9.63. The molecule has 0 saturated heterocycles. The van der Waals surface area contributed by atoms with Crippen molar-refractivity contribution in [3.8, 4) is 28.6 Å². The molecule has 1 fully saturated rings. The molecule has 156 valence electrons. The van der Waals surface area contributed by atoms with E-state index < -0.39 is 0 Å². The molecule has 1 saturated carbocycles. The number of aromatic nitrogens is 5. The largest absolute Gasteiger partial charge is 0.495 e. The minimum absolute atomic E-state index is 0.241. The molecule has 0 aromatic carbocycles. The van der Waals surface area contributed by atoms with Crippen LogP contribution in [0, 0.1) is 18.8 Å². The third kappa shape index (κ3) is 3.70. The first kappa shape index (κ1) is 19.8. The number of ether oxygens (including phenoxy) is 2. The Bertz CT molecular complexity index is 1130. The van der Waals surface area contributed by atoms with Gasteiger partial charge in [-0.3, -0.25) is 9.78 Å². The van der Waals surface area contributed by atoms with Gasteiger partial charge in [-0.25, -0.2) is 9.67 Å². The molecule has 0 radical (unpaired) electrons. The van der Waals surface area contributed by atoms with Gasteiger partial charge in [0.2, 0.25) is 11.8 Å². The summed E-state index contributed by atoms with van der Waals surface area (Å²) in [6.45, 7) is 4.35. The number of aromatic hydroxyl groups is 1. The van der Waals surface area contributed by atoms with Gasteiger partial charge in [0.05, 0.1) is 31.0 Å². The number of nitrogens with zero attached hydrogens (tertiary/aromatic N) is 5. The molecule has 1 aliphatic carbocycles. The number of hydrogen-bond donors (Lipinski definition) is 1. The third-order valence-corrected chi connectivity index (χ3v) is 5.55. The summed E-state index contributed by atoms with van der Waals surface area (Å²) in [4.78, 5) is 25.1. The van der Waals surface area contributed by atoms with Gasteiger partial charge in [0, 0.05) is 36.8 Å². The van der Waals surface area contributed by atoms with Crippen LogP contribution in [-0.4, -0.2) is 43.6 Å². The zero-order valence-corrected chi connectivity index (χ0v) is 17.2. The Morgan fingerprint density at radius 3 is 2.70 bits per heavy atom. The van der Waals surface area contributed by atoms with E-state index in [0.29, 0.717) is 35.7 Å². The molecule has 3 aromatic heterocycles. The summed E-state index contributed by atoms with van der Waals surface area (Å²) in [5, 5.41) is 14.1. The van der Waals surface area contributed by atoms with E-state index >= 15 is 0 Å². The van der Waals surface area contributed by atoms with Gasteiger partial charge in [0.25, 0.3) is 5.56 Å². The van der Waals surface area contributed by atoms with Crippen LogP contribution in [0.2, 0.25) is 0 Å². The third-order valence-electron chi connectivity index (χ3n) is 5.55. The zero-order valence-electron chi connectivity index (χ0n) is 17.2. The van der Waals surface area contributed by atoms with Crippen molar-refractivity contribution >= 4 is 0 Å². The molecule has 1 aliphatic rings. The van der Waals surface area contributed by atoms with Gasteiger partial charge in [0.1, 0.15) is 11.6 Å². The van der Waals surface area contributed by atoms with E-state index in [1.54, 1.807) is 20.2 Å². The smallest absolute Gasteiger partial charge is 0.267 e. The Balaban J connectivity index is 1.55. The maximum absolute atomic E-state index is 12.0. The van der Waals surface area contributed by atoms with Crippen LogP contribution in [0.4, 0.5) is 0 Å². The monoisotopic (exact) mass is 409 g/mol. The molecule has 0 bridgehead atoms. The van der Waals surface area contributed by atoms with E-state index in [2.05, 4.69) is 27.0 Å². The second-order valence-corrected chi connectivity index (χ2v) is 7.46. The number of hydrogen-bond acceptors (Lipinski definition) is 8. The summed E-state index contributed by atoms with van der Waals surface area (Å²) in [5.74, 6) is 2.27. The minimum atomic E-state index is -0.351. The Morgan fingerprint density at radius 1 is 1.20 bits per heavy atom. The lowest BCUT2D eigenvalue weighted by molar-refractivity contribution is 0.280. The summed E-state index contributed by atoms with van der Waals surface area (Å²) < 4.78 is 12.3. The maximum Gasteiger partial charge on any atom is 0.267 e. The van der Waals surface area contributed by atoms with Crippen molar-refractivity contribution in [2.75, 3.05) is 13.7 Å². The highest BCUT2D eigenvalue weighted by molar-refractivity contribution is 5.71. The number of aryl methyl sites for hydroxylation is 2. The summed E-state index contributed by atoms with van der Waals surface area (Å²) in [6.07, 6.45) is 3.25. The Hall–Kier alpha value is -3.49. The standard InChI is InChI=1S/C21H23N5O4/c1-11-16(19(11)17-6-5-13(29-4)8-23-17)10-30-21-15(9-22-12(2)24-21)14-7-18(27)26(3)25-20(14)28/h5-9,11,16,19H,10H2,1-4H3,(H,25,28). The maximum atomic E-state index is 12.0. The van der Waals surface area contributed by atoms with Gasteiger partial charge in [-0.1, -0.05) is 6.92 Å². The molecule has 0 spiro atoms. The molecule has 3 heterocycles. The minimum Gasteiger partial charge on any atom is -0.495 e. The average molecular weight is 409 g/mol. The van der Waals surface area contributed by atoms with Crippen LogP contribution in [0.5, 0.6) is 17.5 Å². The van der Waals surface area contributed by atoms with Crippen LogP contribution in [0.1, 0.15) is 24.4 Å². The van der Waals surface area contributed by atoms with E-state index in [1.807, 2.05) is 12.1 Å². The predicted molar refractivity (Wildman–Crippen MR) is 109 cm³/mol. The fourth-order valence-corrected chi connectivity index (χ4v) is 3.64. The molecule has 4 rings (SSSR count). The lowest BCUT2D eigenvalue weighted by Crippen LogP contribution is -2.18. The Kier molecular flexibility index (Phi) is 5.11. The second kappa shape index (κ2) is 7.74. The Labute approximate surface area is 173 Å². The molecule has 3 aromatic rings. The zero-order chi connectivity index (χ0) is 21.4. The van der Waals surface area contributed by atoms with E-state index in [0.717, 1.165) is 16.1 Å². The molecule has 0 amide bonds. The van der Waals surface area contributed by atoms with Crippen molar-refractivity contribution in [3.63, 3.8) is 0 Å². The SMILES string of the molecule is COc1ccc(C2C(C)C2COc2nc(C)ncc2-c2cc(=O)n(C)nc2O)nc1. The van der Waals surface area contributed by atoms with Gasteiger partial charge in [0.15, 0.2) is 0 Å². The van der Waals surface area contributed by atoms with Crippen LogP contribution < -0.4 is 15.0 Å². The number of methoxy groups -OCH3 is 1. The van der Waals surface area contributed by atoms with Crippen LogP contribution in [0.15, 0.2) is 35.4 Å². The van der Waals surface area contributed by atoms with Crippen molar-refractivity contribution in [1.82, 2.24) is 24.7 Å². The van der Waals surface area contributed by atoms with Gasteiger partial charge in [-0.05, 0) is 25.0 Å². The van der Waals surface area contributed by atoms with Gasteiger partial charge >= 0.3 is 0 Å². The first-order valence-electron chi connectivity index (χ1n) is 9.63. The normalized spacial score (nSPS) is 20.1. The summed E-state index contributed by atoms with van der Waals surface area (Å²) in [6, 6.07) is 5.18. The van der Waals surface area contributed by atoms with Crippen LogP contribution >= 0.6 is 0 Å². The van der Waals surface area contributed by atoms with Crippen molar-refractivity contribution in [3.05, 3.63) is 52.5 Å². The molecule has 30 heavy (non-hydrogen) atoms.